The Morgan fingerprint density at radius 2 is 1.47 bits per heavy atom. The molecule has 1 atom stereocenters. The second-order valence-corrected chi connectivity index (χ2v) is 7.70. The van der Waals surface area contributed by atoms with Crippen molar-refractivity contribution in [3.05, 3.63) is 0 Å². The molecule has 176 valence electrons. The van der Waals surface area contributed by atoms with Gasteiger partial charge in [-0.05, 0) is 40.0 Å². The van der Waals surface area contributed by atoms with Crippen molar-refractivity contribution in [2.45, 2.75) is 64.5 Å². The van der Waals surface area contributed by atoms with Crippen LogP contribution in [0.5, 0.6) is 0 Å². The molecule has 2 amide bonds. The van der Waals surface area contributed by atoms with Crippen molar-refractivity contribution in [2.75, 3.05) is 46.2 Å². The van der Waals surface area contributed by atoms with Crippen molar-refractivity contribution in [2.24, 2.45) is 0 Å². The average molecular weight is 435 g/mol. The molecule has 0 spiro atoms. The third-order valence-corrected chi connectivity index (χ3v) is 3.64. The molecule has 0 aliphatic rings. The Morgan fingerprint density at radius 1 is 0.900 bits per heavy atom. The fourth-order valence-electron chi connectivity index (χ4n) is 2.28. The number of hydrogen-bond donors (Lipinski definition) is 4. The topological polar surface area (TPSA) is 143 Å². The molecule has 30 heavy (non-hydrogen) atoms. The smallest absolute Gasteiger partial charge is 0.408 e. The molecule has 0 aliphatic carbocycles. The highest BCUT2D eigenvalue weighted by Gasteiger charge is 2.26. The van der Waals surface area contributed by atoms with Crippen LogP contribution in [0.3, 0.4) is 0 Å². The molecule has 0 bridgehead atoms. The maximum atomic E-state index is 12.5. The van der Waals surface area contributed by atoms with E-state index in [-0.39, 0.29) is 45.0 Å². The van der Waals surface area contributed by atoms with Crippen LogP contribution in [-0.2, 0) is 23.8 Å². The minimum Gasteiger partial charge on any atom is -0.444 e. The molecular formula is C20H38N2O8. The van der Waals surface area contributed by atoms with E-state index < -0.39 is 23.6 Å². The number of ketones is 1. The fraction of sp³-hybridized carbons (Fsp3) is 0.850. The van der Waals surface area contributed by atoms with Gasteiger partial charge in [-0.25, -0.2) is 4.79 Å². The summed E-state index contributed by atoms with van der Waals surface area (Å²) >= 11 is 0. The number of Topliss-reactive ketones (excluding diaryl/α,β-unsaturated/α-hetero) is 1. The summed E-state index contributed by atoms with van der Waals surface area (Å²) in [7, 11) is 0. The van der Waals surface area contributed by atoms with Gasteiger partial charge in [0, 0.05) is 46.0 Å². The zero-order chi connectivity index (χ0) is 22.8. The van der Waals surface area contributed by atoms with E-state index >= 15 is 0 Å². The second-order valence-electron chi connectivity index (χ2n) is 7.70. The van der Waals surface area contributed by atoms with Crippen LogP contribution in [0.15, 0.2) is 0 Å². The summed E-state index contributed by atoms with van der Waals surface area (Å²) in [5.41, 5.74) is -0.730. The first-order valence-corrected chi connectivity index (χ1v) is 10.4. The molecule has 0 aromatic carbocycles. The number of nitrogens with one attached hydrogen (secondary N) is 2. The number of aliphatic hydroxyl groups excluding tert-OH is 2. The quantitative estimate of drug-likeness (QED) is 0.243. The minimum atomic E-state index is -1.01. The Balaban J connectivity index is 4.53. The number of carbonyl (C=O) groups excluding carboxylic acids is 3. The standard InChI is InChI=1S/C20H38N2O8/c1-20(2,3)30-19(27)22-16(17(25)7-4-11-28-12-5-9-23)15-18(26)21-8-14-29-13-6-10-24/h16,23-24H,4-15H2,1-3H3,(H,21,26)(H,22,27)/t16-/m0/s1. The van der Waals surface area contributed by atoms with Gasteiger partial charge in [0.05, 0.1) is 19.1 Å². The van der Waals surface area contributed by atoms with Gasteiger partial charge in [-0.2, -0.15) is 0 Å². The van der Waals surface area contributed by atoms with E-state index in [1.807, 2.05) is 0 Å². The molecule has 0 aliphatic heterocycles. The Bertz CT molecular complexity index is 494. The number of ether oxygens (including phenoxy) is 3. The summed E-state index contributed by atoms with van der Waals surface area (Å²) in [6.07, 6.45) is 0.656. The summed E-state index contributed by atoms with van der Waals surface area (Å²) < 4.78 is 15.7. The number of carbonyl (C=O) groups is 3. The monoisotopic (exact) mass is 434 g/mol. The molecule has 10 heteroatoms. The molecule has 0 radical (unpaired) electrons. The van der Waals surface area contributed by atoms with Crippen LogP contribution in [0.4, 0.5) is 4.79 Å². The SMILES string of the molecule is CC(C)(C)OC(=O)N[C@@H](CC(=O)NCCOCCCO)C(=O)CCCOCCCO. The molecule has 0 unspecified atom stereocenters. The van der Waals surface area contributed by atoms with Gasteiger partial charge in [0.25, 0.3) is 0 Å². The largest absolute Gasteiger partial charge is 0.444 e. The van der Waals surface area contributed by atoms with Gasteiger partial charge in [0.2, 0.25) is 5.91 Å². The summed E-state index contributed by atoms with van der Waals surface area (Å²) in [5.74, 6) is -0.685. The zero-order valence-electron chi connectivity index (χ0n) is 18.4. The fourth-order valence-corrected chi connectivity index (χ4v) is 2.28. The molecule has 0 rings (SSSR count). The second kappa shape index (κ2) is 17.0. The number of aliphatic hydroxyl groups is 2. The number of alkyl carbamates (subject to hydrolysis) is 1. The molecule has 0 aromatic rings. The van der Waals surface area contributed by atoms with Crippen LogP contribution in [0.2, 0.25) is 0 Å². The predicted octanol–water partition coefficient (Wildman–Crippen LogP) is 0.533. The third kappa shape index (κ3) is 17.1. The normalized spacial score (nSPS) is 12.3. The van der Waals surface area contributed by atoms with Crippen molar-refractivity contribution in [1.82, 2.24) is 10.6 Å². The van der Waals surface area contributed by atoms with Gasteiger partial charge < -0.3 is 35.1 Å². The van der Waals surface area contributed by atoms with Crippen LogP contribution in [0.1, 0.15) is 52.9 Å². The van der Waals surface area contributed by atoms with Crippen LogP contribution in [-0.4, -0.2) is 85.8 Å². The predicted molar refractivity (Wildman–Crippen MR) is 110 cm³/mol. The third-order valence-electron chi connectivity index (χ3n) is 3.64. The molecule has 0 heterocycles. The lowest BCUT2D eigenvalue weighted by molar-refractivity contribution is -0.127. The summed E-state index contributed by atoms with van der Waals surface area (Å²) in [5, 5.41) is 22.5. The maximum Gasteiger partial charge on any atom is 0.408 e. The first-order chi connectivity index (χ1) is 14.2. The van der Waals surface area contributed by atoms with E-state index in [4.69, 9.17) is 24.4 Å². The van der Waals surface area contributed by atoms with Gasteiger partial charge in [0.15, 0.2) is 5.78 Å². The van der Waals surface area contributed by atoms with Gasteiger partial charge in [-0.15, -0.1) is 0 Å². The van der Waals surface area contributed by atoms with Crippen LogP contribution in [0, 0.1) is 0 Å². The molecule has 0 fully saturated rings. The Labute approximate surface area is 178 Å². The van der Waals surface area contributed by atoms with Gasteiger partial charge in [-0.3, -0.25) is 9.59 Å². The highest BCUT2D eigenvalue weighted by Crippen LogP contribution is 2.08. The van der Waals surface area contributed by atoms with Crippen molar-refractivity contribution in [3.8, 4) is 0 Å². The Hall–Kier alpha value is -1.75. The molecule has 0 saturated carbocycles. The van der Waals surface area contributed by atoms with Crippen molar-refractivity contribution < 1.29 is 38.8 Å². The van der Waals surface area contributed by atoms with E-state index in [9.17, 15) is 14.4 Å². The molecule has 0 aromatic heterocycles. The van der Waals surface area contributed by atoms with Crippen LogP contribution in [0.25, 0.3) is 0 Å². The van der Waals surface area contributed by atoms with E-state index in [0.29, 0.717) is 39.1 Å². The zero-order valence-corrected chi connectivity index (χ0v) is 18.4. The molecular weight excluding hydrogens is 396 g/mol. The lowest BCUT2D eigenvalue weighted by Gasteiger charge is -2.23. The highest BCUT2D eigenvalue weighted by atomic mass is 16.6. The van der Waals surface area contributed by atoms with E-state index in [0.717, 1.165) is 0 Å². The van der Waals surface area contributed by atoms with Crippen LogP contribution >= 0.6 is 0 Å². The van der Waals surface area contributed by atoms with E-state index in [1.165, 1.54) is 0 Å². The first kappa shape index (κ1) is 28.2. The maximum absolute atomic E-state index is 12.5. The minimum absolute atomic E-state index is 0.0406. The Kier molecular flexibility index (Phi) is 16.0. The Morgan fingerprint density at radius 3 is 2.03 bits per heavy atom. The average Bonchev–Trinajstić information content (AvgIpc) is 2.65. The highest BCUT2D eigenvalue weighted by molar-refractivity contribution is 5.92. The summed E-state index contributed by atoms with van der Waals surface area (Å²) in [6, 6.07) is -1.01. The number of hydrogen-bond acceptors (Lipinski definition) is 8. The van der Waals surface area contributed by atoms with E-state index in [1.54, 1.807) is 20.8 Å². The first-order valence-electron chi connectivity index (χ1n) is 10.4. The number of rotatable bonds is 17. The molecule has 10 nitrogen and oxygen atoms in total. The van der Waals surface area contributed by atoms with E-state index in [2.05, 4.69) is 10.6 Å². The molecule has 4 N–H and O–H groups in total. The lowest BCUT2D eigenvalue weighted by atomic mass is 10.0. The lowest BCUT2D eigenvalue weighted by Crippen LogP contribution is -2.46. The van der Waals surface area contributed by atoms with Gasteiger partial charge in [0.1, 0.15) is 5.60 Å². The van der Waals surface area contributed by atoms with Crippen LogP contribution < -0.4 is 10.6 Å². The van der Waals surface area contributed by atoms with Crippen molar-refractivity contribution >= 4 is 17.8 Å². The summed E-state index contributed by atoms with van der Waals surface area (Å²) in [6.45, 7) is 6.90. The van der Waals surface area contributed by atoms with Crippen molar-refractivity contribution in [3.63, 3.8) is 0 Å². The van der Waals surface area contributed by atoms with Crippen molar-refractivity contribution in [1.29, 1.82) is 0 Å². The molecule has 0 saturated heterocycles. The summed E-state index contributed by atoms with van der Waals surface area (Å²) in [4.78, 5) is 36.7. The number of amides is 2. The van der Waals surface area contributed by atoms with Gasteiger partial charge in [-0.1, -0.05) is 0 Å². The van der Waals surface area contributed by atoms with Gasteiger partial charge >= 0.3 is 6.09 Å².